The van der Waals surface area contributed by atoms with Crippen molar-refractivity contribution in [2.75, 3.05) is 18.4 Å². The summed E-state index contributed by atoms with van der Waals surface area (Å²) < 4.78 is 0. The van der Waals surface area contributed by atoms with E-state index in [4.69, 9.17) is 0 Å². The molecule has 5 rings (SSSR count). The van der Waals surface area contributed by atoms with Crippen LogP contribution in [0.2, 0.25) is 0 Å². The molecule has 4 aromatic rings. The largest absolute Gasteiger partial charge is 0.361 e. The molecule has 6 heteroatoms. The highest BCUT2D eigenvalue weighted by atomic mass is 16.2. The van der Waals surface area contributed by atoms with E-state index in [1.165, 1.54) is 10.9 Å². The van der Waals surface area contributed by atoms with Gasteiger partial charge in [-0.1, -0.05) is 36.4 Å². The number of pyridine rings is 1. The van der Waals surface area contributed by atoms with Crippen LogP contribution < -0.4 is 5.32 Å². The zero-order chi connectivity index (χ0) is 20.5. The Balaban J connectivity index is 1.25. The van der Waals surface area contributed by atoms with E-state index in [0.29, 0.717) is 18.8 Å². The smallest absolute Gasteiger partial charge is 0.229 e. The molecule has 0 bridgehead atoms. The summed E-state index contributed by atoms with van der Waals surface area (Å²) in [4.78, 5) is 34.8. The van der Waals surface area contributed by atoms with Gasteiger partial charge in [0.1, 0.15) is 0 Å². The number of H-pyrrole nitrogens is 1. The molecule has 1 fully saturated rings. The predicted octanol–water partition coefficient (Wildman–Crippen LogP) is 3.75. The molecule has 3 heterocycles. The maximum Gasteiger partial charge on any atom is 0.229 e. The molecular weight excluding hydrogens is 376 g/mol. The minimum Gasteiger partial charge on any atom is -0.361 e. The van der Waals surface area contributed by atoms with Crippen molar-refractivity contribution in [2.45, 2.75) is 12.8 Å². The van der Waals surface area contributed by atoms with Crippen molar-refractivity contribution in [2.24, 2.45) is 5.92 Å². The third-order valence-electron chi connectivity index (χ3n) is 5.80. The number of aromatic nitrogens is 2. The summed E-state index contributed by atoms with van der Waals surface area (Å²) in [5.41, 5.74) is 3.73. The molecule has 0 spiro atoms. The summed E-state index contributed by atoms with van der Waals surface area (Å²) in [6, 6.07) is 17.7. The first kappa shape index (κ1) is 18.4. The number of hydrogen-bond donors (Lipinski definition) is 2. The third-order valence-corrected chi connectivity index (χ3v) is 5.80. The van der Waals surface area contributed by atoms with Crippen molar-refractivity contribution in [1.82, 2.24) is 14.9 Å². The number of carbonyl (C=O) groups excluding carboxylic acids is 2. The average Bonchev–Trinajstić information content (AvgIpc) is 3.36. The number of para-hydroxylation sites is 2. The lowest BCUT2D eigenvalue weighted by molar-refractivity contribution is -0.128. The number of hydrogen-bond acceptors (Lipinski definition) is 3. The number of anilines is 1. The molecule has 1 unspecified atom stereocenters. The van der Waals surface area contributed by atoms with Crippen molar-refractivity contribution in [3.8, 4) is 0 Å². The zero-order valence-corrected chi connectivity index (χ0v) is 16.5. The maximum atomic E-state index is 12.8. The van der Waals surface area contributed by atoms with Crippen LogP contribution in [0.3, 0.4) is 0 Å². The lowest BCUT2D eigenvalue weighted by Crippen LogP contribution is -2.30. The van der Waals surface area contributed by atoms with Crippen molar-refractivity contribution >= 4 is 39.3 Å². The lowest BCUT2D eigenvalue weighted by Gasteiger charge is -2.16. The molecule has 0 aliphatic carbocycles. The predicted molar refractivity (Wildman–Crippen MR) is 117 cm³/mol. The van der Waals surface area contributed by atoms with Crippen LogP contribution in [0.25, 0.3) is 21.8 Å². The molecule has 0 radical (unpaired) electrons. The van der Waals surface area contributed by atoms with E-state index in [1.807, 2.05) is 54.7 Å². The van der Waals surface area contributed by atoms with Gasteiger partial charge in [0, 0.05) is 48.2 Å². The molecule has 2 N–H and O–H groups in total. The third kappa shape index (κ3) is 3.41. The van der Waals surface area contributed by atoms with Gasteiger partial charge >= 0.3 is 0 Å². The number of fused-ring (bicyclic) bond motifs is 2. The number of nitrogens with one attached hydrogen (secondary N) is 2. The Morgan fingerprint density at radius 1 is 1.13 bits per heavy atom. The number of amides is 2. The number of aromatic amines is 1. The van der Waals surface area contributed by atoms with Gasteiger partial charge in [0.25, 0.3) is 0 Å². The minimum atomic E-state index is -0.348. The fraction of sp³-hybridized carbons (Fsp3) is 0.208. The Morgan fingerprint density at radius 2 is 2.00 bits per heavy atom. The van der Waals surface area contributed by atoms with Gasteiger partial charge in [-0.25, -0.2) is 0 Å². The average molecular weight is 398 g/mol. The number of likely N-dealkylation sites (tertiary alicyclic amines) is 1. The van der Waals surface area contributed by atoms with E-state index < -0.39 is 0 Å². The second-order valence-electron chi connectivity index (χ2n) is 7.72. The molecule has 1 aliphatic rings. The molecule has 1 atom stereocenters. The fourth-order valence-electron chi connectivity index (χ4n) is 4.20. The Kier molecular flexibility index (Phi) is 4.67. The normalized spacial score (nSPS) is 16.5. The number of carbonyl (C=O) groups is 2. The van der Waals surface area contributed by atoms with Crippen LogP contribution in [-0.4, -0.2) is 39.8 Å². The van der Waals surface area contributed by atoms with Crippen LogP contribution in [0, 0.1) is 5.92 Å². The number of benzene rings is 2. The first-order valence-corrected chi connectivity index (χ1v) is 10.2. The summed E-state index contributed by atoms with van der Waals surface area (Å²) >= 11 is 0. The van der Waals surface area contributed by atoms with Gasteiger partial charge < -0.3 is 15.2 Å². The van der Waals surface area contributed by atoms with Gasteiger partial charge in [-0.3, -0.25) is 14.6 Å². The molecule has 2 aromatic heterocycles. The van der Waals surface area contributed by atoms with Crippen LogP contribution in [0.1, 0.15) is 12.0 Å². The van der Waals surface area contributed by atoms with Gasteiger partial charge in [0.2, 0.25) is 11.8 Å². The van der Waals surface area contributed by atoms with Crippen molar-refractivity contribution < 1.29 is 9.59 Å². The summed E-state index contributed by atoms with van der Waals surface area (Å²) in [6.45, 7) is 1.06. The van der Waals surface area contributed by atoms with E-state index in [9.17, 15) is 9.59 Å². The molecule has 2 amide bonds. The van der Waals surface area contributed by atoms with Gasteiger partial charge in [0.05, 0.1) is 17.1 Å². The van der Waals surface area contributed by atoms with Crippen LogP contribution in [0.5, 0.6) is 0 Å². The first-order chi connectivity index (χ1) is 14.7. The standard InChI is InChI=1S/C24H22N4O2/c29-22-13-18(24(30)27-21-9-3-5-16-6-4-11-25-23(16)21)15-28(22)12-10-17-14-26-20-8-2-1-7-19(17)20/h1-9,11,14,18,26H,10,12-13,15H2,(H,27,30). The molecular formula is C24H22N4O2. The Labute approximate surface area is 173 Å². The quantitative estimate of drug-likeness (QED) is 0.537. The highest BCUT2D eigenvalue weighted by molar-refractivity contribution is 6.03. The van der Waals surface area contributed by atoms with Crippen molar-refractivity contribution in [3.05, 3.63) is 72.6 Å². The Morgan fingerprint density at radius 3 is 2.93 bits per heavy atom. The maximum absolute atomic E-state index is 12.8. The second kappa shape index (κ2) is 7.63. The highest BCUT2D eigenvalue weighted by Gasteiger charge is 2.34. The van der Waals surface area contributed by atoms with Gasteiger partial charge in [-0.05, 0) is 30.2 Å². The van der Waals surface area contributed by atoms with E-state index in [0.717, 1.165) is 22.8 Å². The van der Waals surface area contributed by atoms with Gasteiger partial charge in [0.15, 0.2) is 0 Å². The zero-order valence-electron chi connectivity index (χ0n) is 16.5. The monoisotopic (exact) mass is 398 g/mol. The highest BCUT2D eigenvalue weighted by Crippen LogP contribution is 2.25. The molecule has 30 heavy (non-hydrogen) atoms. The molecule has 2 aromatic carbocycles. The topological polar surface area (TPSA) is 78.1 Å². The lowest BCUT2D eigenvalue weighted by atomic mass is 10.1. The number of rotatable bonds is 5. The Bertz CT molecular complexity index is 1240. The van der Waals surface area contributed by atoms with Gasteiger partial charge in [-0.2, -0.15) is 0 Å². The Hall–Kier alpha value is -3.67. The number of nitrogens with zero attached hydrogens (tertiary/aromatic N) is 2. The summed E-state index contributed by atoms with van der Waals surface area (Å²) in [5, 5.41) is 5.13. The summed E-state index contributed by atoms with van der Waals surface area (Å²) in [5.74, 6) is -0.443. The molecule has 1 saturated heterocycles. The van der Waals surface area contributed by atoms with Crippen LogP contribution >= 0.6 is 0 Å². The fourth-order valence-corrected chi connectivity index (χ4v) is 4.20. The van der Waals surface area contributed by atoms with Crippen LogP contribution in [0.15, 0.2) is 67.0 Å². The summed E-state index contributed by atoms with van der Waals surface area (Å²) in [7, 11) is 0. The van der Waals surface area contributed by atoms with E-state index >= 15 is 0 Å². The SMILES string of the molecule is O=C(Nc1cccc2cccnc12)C1CC(=O)N(CCc2c[nH]c3ccccc23)C1. The second-order valence-corrected chi connectivity index (χ2v) is 7.72. The van der Waals surface area contributed by atoms with Crippen molar-refractivity contribution in [1.29, 1.82) is 0 Å². The molecule has 1 aliphatic heterocycles. The van der Waals surface area contributed by atoms with Gasteiger partial charge in [-0.15, -0.1) is 0 Å². The van der Waals surface area contributed by atoms with E-state index in [-0.39, 0.29) is 24.2 Å². The molecule has 6 nitrogen and oxygen atoms in total. The molecule has 0 saturated carbocycles. The van der Waals surface area contributed by atoms with Crippen LogP contribution in [-0.2, 0) is 16.0 Å². The molecule has 150 valence electrons. The summed E-state index contributed by atoms with van der Waals surface area (Å²) in [6.07, 6.45) is 4.72. The van der Waals surface area contributed by atoms with Crippen molar-refractivity contribution in [3.63, 3.8) is 0 Å². The van der Waals surface area contributed by atoms with E-state index in [1.54, 1.807) is 11.1 Å². The van der Waals surface area contributed by atoms with E-state index in [2.05, 4.69) is 21.4 Å². The minimum absolute atomic E-state index is 0.0334. The first-order valence-electron chi connectivity index (χ1n) is 10.2. The van der Waals surface area contributed by atoms with Crippen LogP contribution in [0.4, 0.5) is 5.69 Å².